The van der Waals surface area contributed by atoms with E-state index in [0.29, 0.717) is 5.69 Å². The van der Waals surface area contributed by atoms with Crippen LogP contribution in [-0.4, -0.2) is 5.11 Å². The van der Waals surface area contributed by atoms with Gasteiger partial charge in [-0.2, -0.15) is 0 Å². The van der Waals surface area contributed by atoms with Crippen LogP contribution >= 0.6 is 15.9 Å². The van der Waals surface area contributed by atoms with Gasteiger partial charge in [0, 0.05) is 10.5 Å². The zero-order chi connectivity index (χ0) is 7.56. The molecule has 0 bridgehead atoms. The van der Waals surface area contributed by atoms with Crippen LogP contribution in [-0.2, 0) is 0 Å². The molecule has 0 saturated carbocycles. The standard InChI is InChI=1S/C6H7BrN2O/c7-5-2-1-4(10)3-6(5)9-8/h1-3,9-10H,8H2. The summed E-state index contributed by atoms with van der Waals surface area (Å²) in [5, 5.41) is 8.95. The van der Waals surface area contributed by atoms with Crippen molar-refractivity contribution >= 4 is 21.6 Å². The van der Waals surface area contributed by atoms with Crippen LogP contribution in [0.5, 0.6) is 5.75 Å². The van der Waals surface area contributed by atoms with Crippen LogP contribution in [0.3, 0.4) is 0 Å². The molecule has 4 N–H and O–H groups in total. The number of halogens is 1. The number of hydrogen-bond acceptors (Lipinski definition) is 3. The Labute approximate surface area is 67.0 Å². The van der Waals surface area contributed by atoms with Gasteiger partial charge < -0.3 is 10.5 Å². The van der Waals surface area contributed by atoms with E-state index in [4.69, 9.17) is 10.9 Å². The molecule has 3 nitrogen and oxygen atoms in total. The molecule has 1 rings (SSSR count). The van der Waals surface area contributed by atoms with Crippen LogP contribution in [0.4, 0.5) is 5.69 Å². The van der Waals surface area contributed by atoms with E-state index in [1.807, 2.05) is 0 Å². The normalized spacial score (nSPS) is 9.40. The highest BCUT2D eigenvalue weighted by Crippen LogP contribution is 2.25. The van der Waals surface area contributed by atoms with Gasteiger partial charge in [0.05, 0.1) is 5.69 Å². The van der Waals surface area contributed by atoms with E-state index in [1.54, 1.807) is 12.1 Å². The zero-order valence-electron chi connectivity index (χ0n) is 5.13. The molecule has 1 aromatic carbocycles. The minimum Gasteiger partial charge on any atom is -0.508 e. The third-order valence-corrected chi connectivity index (χ3v) is 1.80. The molecular formula is C6H7BrN2O. The van der Waals surface area contributed by atoms with Crippen LogP contribution in [0.25, 0.3) is 0 Å². The smallest absolute Gasteiger partial charge is 0.117 e. The predicted molar refractivity (Wildman–Crippen MR) is 43.6 cm³/mol. The number of nitrogens with one attached hydrogen (secondary N) is 1. The average Bonchev–Trinajstić information content (AvgIpc) is 1.94. The molecule has 0 aromatic heterocycles. The average molecular weight is 203 g/mol. The monoisotopic (exact) mass is 202 g/mol. The second kappa shape index (κ2) is 2.90. The molecule has 1 aromatic rings. The predicted octanol–water partition coefficient (Wildman–Crippen LogP) is 1.44. The summed E-state index contributed by atoms with van der Waals surface area (Å²) >= 11 is 3.24. The highest BCUT2D eigenvalue weighted by Gasteiger charge is 1.96. The molecule has 0 fully saturated rings. The number of phenolic OH excluding ortho intramolecular Hbond substituents is 1. The number of benzene rings is 1. The van der Waals surface area contributed by atoms with Gasteiger partial charge in [0.15, 0.2) is 0 Å². The Kier molecular flexibility index (Phi) is 2.13. The molecule has 0 radical (unpaired) electrons. The molecule has 0 saturated heterocycles. The third-order valence-electron chi connectivity index (χ3n) is 1.11. The van der Waals surface area contributed by atoms with Gasteiger partial charge in [-0.15, -0.1) is 0 Å². The first-order valence-corrected chi connectivity index (χ1v) is 3.48. The van der Waals surface area contributed by atoms with Crippen molar-refractivity contribution in [3.63, 3.8) is 0 Å². The number of hydrogen-bond donors (Lipinski definition) is 3. The minimum absolute atomic E-state index is 0.191. The van der Waals surface area contributed by atoms with E-state index < -0.39 is 0 Å². The Hall–Kier alpha value is -0.740. The summed E-state index contributed by atoms with van der Waals surface area (Å²) in [6.45, 7) is 0. The number of nitrogens with two attached hydrogens (primary N) is 1. The molecule has 0 aliphatic heterocycles. The van der Waals surface area contributed by atoms with E-state index in [2.05, 4.69) is 21.4 Å². The molecule has 10 heavy (non-hydrogen) atoms. The topological polar surface area (TPSA) is 58.3 Å². The Morgan fingerprint density at radius 2 is 2.20 bits per heavy atom. The van der Waals surface area contributed by atoms with E-state index in [0.717, 1.165) is 4.47 Å². The van der Waals surface area contributed by atoms with E-state index in [1.165, 1.54) is 6.07 Å². The number of rotatable bonds is 1. The summed E-state index contributed by atoms with van der Waals surface area (Å²) in [6, 6.07) is 4.82. The quantitative estimate of drug-likeness (QED) is 0.478. The fraction of sp³-hybridized carbons (Fsp3) is 0. The maximum atomic E-state index is 8.95. The number of anilines is 1. The summed E-state index contributed by atoms with van der Waals surface area (Å²) < 4.78 is 0.827. The lowest BCUT2D eigenvalue weighted by atomic mass is 10.3. The Morgan fingerprint density at radius 1 is 1.50 bits per heavy atom. The van der Waals surface area contributed by atoms with Crippen LogP contribution in [0.2, 0.25) is 0 Å². The van der Waals surface area contributed by atoms with Gasteiger partial charge in [-0.3, -0.25) is 5.84 Å². The summed E-state index contributed by atoms with van der Waals surface area (Å²) in [5.41, 5.74) is 3.10. The molecule has 0 amide bonds. The molecule has 0 heterocycles. The van der Waals surface area contributed by atoms with Crippen LogP contribution in [0.15, 0.2) is 22.7 Å². The Morgan fingerprint density at radius 3 is 2.70 bits per heavy atom. The summed E-state index contributed by atoms with van der Waals surface area (Å²) in [5.74, 6) is 5.32. The van der Waals surface area contributed by atoms with Crippen LogP contribution in [0.1, 0.15) is 0 Å². The van der Waals surface area contributed by atoms with Crippen LogP contribution < -0.4 is 11.3 Å². The van der Waals surface area contributed by atoms with Crippen molar-refractivity contribution in [2.75, 3.05) is 5.43 Å². The first kappa shape index (κ1) is 7.37. The van der Waals surface area contributed by atoms with Crippen molar-refractivity contribution in [1.82, 2.24) is 0 Å². The lowest BCUT2D eigenvalue weighted by molar-refractivity contribution is 0.475. The van der Waals surface area contributed by atoms with Gasteiger partial charge in [-0.25, -0.2) is 0 Å². The van der Waals surface area contributed by atoms with Gasteiger partial charge in [0.1, 0.15) is 5.75 Å². The molecule has 4 heteroatoms. The van der Waals surface area contributed by atoms with Crippen molar-refractivity contribution in [1.29, 1.82) is 0 Å². The minimum atomic E-state index is 0.191. The van der Waals surface area contributed by atoms with Gasteiger partial charge >= 0.3 is 0 Å². The van der Waals surface area contributed by atoms with Gasteiger partial charge in [0.2, 0.25) is 0 Å². The molecular weight excluding hydrogens is 196 g/mol. The lowest BCUT2D eigenvalue weighted by Gasteiger charge is -2.01. The zero-order valence-corrected chi connectivity index (χ0v) is 6.72. The Bertz CT molecular complexity index is 239. The maximum Gasteiger partial charge on any atom is 0.117 e. The lowest BCUT2D eigenvalue weighted by Crippen LogP contribution is -2.06. The van der Waals surface area contributed by atoms with E-state index in [9.17, 15) is 0 Å². The van der Waals surface area contributed by atoms with Crippen molar-refractivity contribution in [2.24, 2.45) is 5.84 Å². The second-order valence-corrected chi connectivity index (χ2v) is 2.66. The first-order valence-electron chi connectivity index (χ1n) is 2.69. The number of nitrogen functional groups attached to an aromatic ring is 1. The second-order valence-electron chi connectivity index (χ2n) is 1.81. The van der Waals surface area contributed by atoms with Gasteiger partial charge in [-0.1, -0.05) is 0 Å². The van der Waals surface area contributed by atoms with Crippen molar-refractivity contribution < 1.29 is 5.11 Å². The molecule has 0 spiro atoms. The summed E-state index contributed by atoms with van der Waals surface area (Å²) in [7, 11) is 0. The fourth-order valence-corrected chi connectivity index (χ4v) is 0.985. The van der Waals surface area contributed by atoms with Gasteiger partial charge in [-0.05, 0) is 28.1 Å². The number of phenols is 1. The largest absolute Gasteiger partial charge is 0.508 e. The Balaban J connectivity index is 3.09. The maximum absolute atomic E-state index is 8.95. The highest BCUT2D eigenvalue weighted by atomic mass is 79.9. The van der Waals surface area contributed by atoms with Gasteiger partial charge in [0.25, 0.3) is 0 Å². The van der Waals surface area contributed by atoms with E-state index >= 15 is 0 Å². The third kappa shape index (κ3) is 1.40. The molecule has 0 atom stereocenters. The van der Waals surface area contributed by atoms with Crippen molar-refractivity contribution in [3.05, 3.63) is 22.7 Å². The highest BCUT2D eigenvalue weighted by molar-refractivity contribution is 9.10. The van der Waals surface area contributed by atoms with Crippen molar-refractivity contribution in [2.45, 2.75) is 0 Å². The fourth-order valence-electron chi connectivity index (χ4n) is 0.624. The van der Waals surface area contributed by atoms with E-state index in [-0.39, 0.29) is 5.75 Å². The summed E-state index contributed by atoms with van der Waals surface area (Å²) in [6.07, 6.45) is 0. The summed E-state index contributed by atoms with van der Waals surface area (Å²) in [4.78, 5) is 0. The first-order chi connectivity index (χ1) is 4.74. The molecule has 0 aliphatic carbocycles. The number of hydrazine groups is 1. The van der Waals surface area contributed by atoms with Crippen molar-refractivity contribution in [3.8, 4) is 5.75 Å². The number of aromatic hydroxyl groups is 1. The molecule has 54 valence electrons. The SMILES string of the molecule is NNc1cc(O)ccc1Br. The molecule has 0 aliphatic rings. The van der Waals surface area contributed by atoms with Crippen LogP contribution in [0, 0.1) is 0 Å². The molecule has 0 unspecified atom stereocenters.